The van der Waals surface area contributed by atoms with Gasteiger partial charge in [0.2, 0.25) is 0 Å². The second-order valence-electron chi connectivity index (χ2n) is 7.83. The van der Waals surface area contributed by atoms with Crippen LogP contribution in [0.4, 0.5) is 0 Å². The summed E-state index contributed by atoms with van der Waals surface area (Å²) >= 11 is 0. The van der Waals surface area contributed by atoms with Gasteiger partial charge in [-0.15, -0.1) is 0 Å². The van der Waals surface area contributed by atoms with E-state index in [0.717, 1.165) is 27.5 Å². The summed E-state index contributed by atoms with van der Waals surface area (Å²) in [6, 6.07) is 13.1. The van der Waals surface area contributed by atoms with Gasteiger partial charge < -0.3 is 9.47 Å². The van der Waals surface area contributed by atoms with Crippen LogP contribution in [-0.2, 0) is 20.7 Å². The fourth-order valence-corrected chi connectivity index (χ4v) is 3.92. The zero-order valence-corrected chi connectivity index (χ0v) is 19.0. The van der Waals surface area contributed by atoms with Crippen molar-refractivity contribution in [3.05, 3.63) is 82.2 Å². The number of ether oxygens (including phenoxy) is 2. The molecule has 0 saturated carbocycles. The molecule has 0 fully saturated rings. The van der Waals surface area contributed by atoms with Crippen molar-refractivity contribution < 1.29 is 28.7 Å². The summed E-state index contributed by atoms with van der Waals surface area (Å²) in [5.74, 6) is -1.92. The molecule has 2 heterocycles. The Balaban J connectivity index is 1.42. The Morgan fingerprint density at radius 2 is 1.56 bits per heavy atom. The average Bonchev–Trinajstić information content (AvgIpc) is 3.27. The topological polar surface area (TPSA) is 108 Å². The second-order valence-corrected chi connectivity index (χ2v) is 7.83. The quantitative estimate of drug-likeness (QED) is 0.393. The van der Waals surface area contributed by atoms with E-state index in [9.17, 15) is 19.2 Å². The number of hydrogen-bond acceptors (Lipinski definition) is 7. The smallest absolute Gasteiger partial charge is 0.339 e. The predicted molar refractivity (Wildman–Crippen MR) is 121 cm³/mol. The maximum Gasteiger partial charge on any atom is 0.339 e. The number of benzene rings is 2. The highest BCUT2D eigenvalue weighted by molar-refractivity contribution is 6.21. The summed E-state index contributed by atoms with van der Waals surface area (Å²) in [5, 5.41) is 4.55. The van der Waals surface area contributed by atoms with Crippen LogP contribution in [0, 0.1) is 13.8 Å². The molecular formula is C25H23N3O6. The number of rotatable bonds is 7. The van der Waals surface area contributed by atoms with Gasteiger partial charge in [-0.25, -0.2) is 14.4 Å². The number of amides is 2. The number of esters is 2. The summed E-state index contributed by atoms with van der Waals surface area (Å²) in [6.45, 7) is 3.33. The number of methoxy groups -OCH3 is 1. The van der Waals surface area contributed by atoms with Crippen LogP contribution < -0.4 is 0 Å². The Kier molecular flexibility index (Phi) is 6.27. The van der Waals surface area contributed by atoms with Gasteiger partial charge in [0, 0.05) is 12.1 Å². The first-order valence-corrected chi connectivity index (χ1v) is 10.7. The summed E-state index contributed by atoms with van der Waals surface area (Å²) in [5.41, 5.74) is 4.27. The average molecular weight is 461 g/mol. The van der Waals surface area contributed by atoms with Crippen molar-refractivity contribution >= 4 is 23.8 Å². The molecule has 9 heteroatoms. The molecule has 3 aromatic rings. The van der Waals surface area contributed by atoms with Gasteiger partial charge in [-0.1, -0.05) is 12.1 Å². The lowest BCUT2D eigenvalue weighted by Gasteiger charge is -2.14. The zero-order chi connectivity index (χ0) is 24.4. The van der Waals surface area contributed by atoms with Crippen LogP contribution in [0.2, 0.25) is 0 Å². The van der Waals surface area contributed by atoms with Crippen LogP contribution in [0.25, 0.3) is 5.69 Å². The standard InChI is InChI=1S/C25H23N3O6/c1-15-19(12-13-22(29)33-3)16(2)28(26-15)18-10-8-17(9-11-18)25(32)34-14-27-23(30)20-6-4-5-7-21(20)24(27)31/h4-11H,12-14H2,1-3H3. The number of carbonyl (C=O) groups is 4. The third-order valence-electron chi connectivity index (χ3n) is 5.80. The maximum absolute atomic E-state index is 12.5. The maximum atomic E-state index is 12.5. The number of aryl methyl sites for hydroxylation is 1. The van der Waals surface area contributed by atoms with E-state index in [2.05, 4.69) is 5.10 Å². The molecule has 0 atom stereocenters. The molecule has 0 saturated heterocycles. The molecule has 0 bridgehead atoms. The second kappa shape index (κ2) is 9.30. The fraction of sp³-hybridized carbons (Fsp3) is 0.240. The van der Waals surface area contributed by atoms with Crippen LogP contribution in [0.15, 0.2) is 48.5 Å². The Morgan fingerprint density at radius 1 is 0.941 bits per heavy atom. The number of nitrogens with zero attached hydrogens (tertiary/aromatic N) is 3. The highest BCUT2D eigenvalue weighted by Crippen LogP contribution is 2.23. The van der Waals surface area contributed by atoms with E-state index < -0.39 is 24.5 Å². The molecule has 4 rings (SSSR count). The van der Waals surface area contributed by atoms with E-state index in [0.29, 0.717) is 17.5 Å². The van der Waals surface area contributed by atoms with E-state index >= 15 is 0 Å². The van der Waals surface area contributed by atoms with Gasteiger partial charge in [-0.05, 0) is 62.2 Å². The molecule has 0 radical (unpaired) electrons. The first kappa shape index (κ1) is 22.9. The number of hydrogen-bond donors (Lipinski definition) is 0. The number of fused-ring (bicyclic) bond motifs is 1. The molecular weight excluding hydrogens is 438 g/mol. The molecule has 174 valence electrons. The molecule has 0 spiro atoms. The van der Waals surface area contributed by atoms with Crippen molar-refractivity contribution in [3.63, 3.8) is 0 Å². The van der Waals surface area contributed by atoms with Crippen molar-refractivity contribution in [1.29, 1.82) is 0 Å². The Morgan fingerprint density at radius 3 is 2.15 bits per heavy atom. The van der Waals surface area contributed by atoms with Gasteiger partial charge in [0.15, 0.2) is 6.73 Å². The lowest BCUT2D eigenvalue weighted by molar-refractivity contribution is -0.140. The lowest BCUT2D eigenvalue weighted by atomic mass is 10.1. The summed E-state index contributed by atoms with van der Waals surface area (Å²) in [6.07, 6.45) is 0.786. The van der Waals surface area contributed by atoms with Crippen LogP contribution in [0.3, 0.4) is 0 Å². The third-order valence-corrected chi connectivity index (χ3v) is 5.80. The molecule has 0 aliphatic carbocycles. The third kappa shape index (κ3) is 4.19. The minimum Gasteiger partial charge on any atom is -0.469 e. The number of aromatic nitrogens is 2. The Hall–Kier alpha value is -4.27. The van der Waals surface area contributed by atoms with Gasteiger partial charge in [0.05, 0.1) is 35.2 Å². The van der Waals surface area contributed by atoms with E-state index in [1.54, 1.807) is 53.2 Å². The van der Waals surface area contributed by atoms with Crippen molar-refractivity contribution in [2.45, 2.75) is 26.7 Å². The van der Waals surface area contributed by atoms with Gasteiger partial charge in [-0.3, -0.25) is 14.4 Å². The molecule has 0 N–H and O–H groups in total. The van der Waals surface area contributed by atoms with Crippen molar-refractivity contribution in [1.82, 2.24) is 14.7 Å². The van der Waals surface area contributed by atoms with Crippen molar-refractivity contribution in [2.75, 3.05) is 13.8 Å². The molecule has 9 nitrogen and oxygen atoms in total. The largest absolute Gasteiger partial charge is 0.469 e. The molecule has 2 amide bonds. The van der Waals surface area contributed by atoms with E-state index in [-0.39, 0.29) is 18.0 Å². The normalized spacial score (nSPS) is 12.6. The van der Waals surface area contributed by atoms with Crippen LogP contribution in [-0.4, -0.2) is 52.3 Å². The first-order chi connectivity index (χ1) is 16.3. The van der Waals surface area contributed by atoms with E-state index in [1.807, 2.05) is 13.8 Å². The van der Waals surface area contributed by atoms with Crippen LogP contribution >= 0.6 is 0 Å². The number of carbonyl (C=O) groups excluding carboxylic acids is 4. The molecule has 2 aromatic carbocycles. The Labute approximate surface area is 195 Å². The molecule has 1 aromatic heterocycles. The first-order valence-electron chi connectivity index (χ1n) is 10.7. The van der Waals surface area contributed by atoms with Crippen molar-refractivity contribution in [2.24, 2.45) is 0 Å². The number of imide groups is 1. The highest BCUT2D eigenvalue weighted by atomic mass is 16.5. The van der Waals surface area contributed by atoms with Gasteiger partial charge in [-0.2, -0.15) is 5.10 Å². The molecule has 1 aliphatic heterocycles. The summed E-state index contributed by atoms with van der Waals surface area (Å²) in [4.78, 5) is 49.7. The van der Waals surface area contributed by atoms with Crippen LogP contribution in [0.5, 0.6) is 0 Å². The lowest BCUT2D eigenvalue weighted by Crippen LogP contribution is -2.33. The molecule has 1 aliphatic rings. The summed E-state index contributed by atoms with van der Waals surface area (Å²) < 4.78 is 11.7. The minimum atomic E-state index is -0.657. The van der Waals surface area contributed by atoms with E-state index in [4.69, 9.17) is 9.47 Å². The van der Waals surface area contributed by atoms with Crippen molar-refractivity contribution in [3.8, 4) is 5.69 Å². The highest BCUT2D eigenvalue weighted by Gasteiger charge is 2.35. The van der Waals surface area contributed by atoms with E-state index in [1.165, 1.54) is 7.11 Å². The van der Waals surface area contributed by atoms with Crippen LogP contribution in [0.1, 0.15) is 54.4 Å². The van der Waals surface area contributed by atoms with Gasteiger partial charge >= 0.3 is 11.9 Å². The molecule has 34 heavy (non-hydrogen) atoms. The van der Waals surface area contributed by atoms with Gasteiger partial charge in [0.1, 0.15) is 0 Å². The fourth-order valence-electron chi connectivity index (χ4n) is 3.92. The minimum absolute atomic E-state index is 0.266. The predicted octanol–water partition coefficient (Wildman–Crippen LogP) is 3.01. The zero-order valence-electron chi connectivity index (χ0n) is 19.0. The monoisotopic (exact) mass is 461 g/mol. The SMILES string of the molecule is COC(=O)CCc1c(C)nn(-c2ccc(C(=O)OCN3C(=O)c4ccccc4C3=O)cc2)c1C. The summed E-state index contributed by atoms with van der Waals surface area (Å²) in [7, 11) is 1.36. The Bertz CT molecular complexity index is 1260. The van der Waals surface area contributed by atoms with Gasteiger partial charge in [0.25, 0.3) is 11.8 Å². The molecule has 0 unspecified atom stereocenters.